The largest absolute Gasteiger partial charge is 0.465 e. The Bertz CT molecular complexity index is 1170. The van der Waals surface area contributed by atoms with Crippen molar-refractivity contribution in [2.45, 2.75) is 123 Å². The van der Waals surface area contributed by atoms with Gasteiger partial charge in [-0.2, -0.15) is 0 Å². The summed E-state index contributed by atoms with van der Waals surface area (Å²) in [7, 11) is 2.29. The highest BCUT2D eigenvalue weighted by atomic mass is 19.1. The number of benzene rings is 1. The van der Waals surface area contributed by atoms with E-state index in [1.165, 1.54) is 45.1 Å². The Labute approximate surface area is 294 Å². The molecule has 3 N–H and O–H groups in total. The molecule has 2 saturated heterocycles. The number of furan rings is 1. The van der Waals surface area contributed by atoms with Crippen LogP contribution in [0.2, 0.25) is 0 Å². The Kier molecular flexibility index (Phi) is 21.0. The van der Waals surface area contributed by atoms with Crippen LogP contribution in [-0.2, 0) is 23.9 Å². The van der Waals surface area contributed by atoms with Gasteiger partial charge in [-0.05, 0) is 114 Å². The summed E-state index contributed by atoms with van der Waals surface area (Å²) >= 11 is 0. The summed E-state index contributed by atoms with van der Waals surface area (Å²) in [5.41, 5.74) is 7.19. The number of hydrogen-bond donors (Lipinski definition) is 2. The molecule has 4 aliphatic rings. The number of carbonyl (C=O) groups is 3. The van der Waals surface area contributed by atoms with E-state index in [0.29, 0.717) is 25.4 Å². The summed E-state index contributed by atoms with van der Waals surface area (Å²) in [6.07, 6.45) is 16.5. The summed E-state index contributed by atoms with van der Waals surface area (Å²) in [4.78, 5) is 32.8. The fourth-order valence-corrected chi connectivity index (χ4v) is 7.41. The first kappa shape index (κ1) is 42.3. The van der Waals surface area contributed by atoms with Crippen molar-refractivity contribution in [3.8, 4) is 0 Å². The molecule has 49 heavy (non-hydrogen) atoms. The number of hydrogen-bond acceptors (Lipinski definition) is 8. The molecule has 1 aromatic heterocycles. The van der Waals surface area contributed by atoms with Crippen molar-refractivity contribution in [2.75, 3.05) is 38.8 Å². The van der Waals surface area contributed by atoms with Gasteiger partial charge in [0.1, 0.15) is 30.9 Å². The minimum Gasteiger partial charge on any atom is -0.465 e. The van der Waals surface area contributed by atoms with Crippen molar-refractivity contribution < 1.29 is 32.7 Å². The average Bonchev–Trinajstić information content (AvgIpc) is 3.89. The van der Waals surface area contributed by atoms with Gasteiger partial charge >= 0.3 is 0 Å². The second-order valence-corrected chi connectivity index (χ2v) is 13.6. The van der Waals surface area contributed by atoms with Crippen molar-refractivity contribution in [2.24, 2.45) is 29.4 Å². The molecule has 1 aromatic carbocycles. The number of likely N-dealkylation sites (tertiary alicyclic amines) is 1. The minimum atomic E-state index is -0.434. The molecular formula is C39H64FN3O6. The van der Waals surface area contributed by atoms with Gasteiger partial charge in [0.15, 0.2) is 0 Å². The van der Waals surface area contributed by atoms with Gasteiger partial charge in [0, 0.05) is 35.7 Å². The molecule has 4 atom stereocenters. The third-order valence-electron chi connectivity index (χ3n) is 10.4. The molecule has 0 bridgehead atoms. The number of ether oxygens (including phenoxy) is 2. The van der Waals surface area contributed by atoms with E-state index >= 15 is 0 Å². The number of nitrogens with zero attached hydrogens (tertiary/aromatic N) is 1. The summed E-state index contributed by atoms with van der Waals surface area (Å²) in [6.45, 7) is 10.9. The predicted octanol–water partition coefficient (Wildman–Crippen LogP) is 7.87. The molecule has 10 heteroatoms. The fraction of sp³-hybridized carbons (Fsp3) is 0.718. The average molecular weight is 690 g/mol. The number of amides is 1. The first-order valence-corrected chi connectivity index (χ1v) is 18.6. The van der Waals surface area contributed by atoms with Gasteiger partial charge in [0.05, 0.1) is 6.10 Å². The van der Waals surface area contributed by atoms with E-state index in [1.54, 1.807) is 6.07 Å². The first-order valence-electron chi connectivity index (χ1n) is 18.6. The van der Waals surface area contributed by atoms with Crippen LogP contribution in [-0.4, -0.2) is 75.7 Å². The molecule has 6 rings (SSSR count). The van der Waals surface area contributed by atoms with Crippen LogP contribution >= 0.6 is 0 Å². The third kappa shape index (κ3) is 14.9. The lowest BCUT2D eigenvalue weighted by Gasteiger charge is -2.31. The molecule has 278 valence electrons. The van der Waals surface area contributed by atoms with E-state index in [-0.39, 0.29) is 18.1 Å². The van der Waals surface area contributed by atoms with Gasteiger partial charge in [-0.3, -0.25) is 9.59 Å². The van der Waals surface area contributed by atoms with Crippen LogP contribution < -0.4 is 11.1 Å². The van der Waals surface area contributed by atoms with Crippen LogP contribution in [0.3, 0.4) is 0 Å². The van der Waals surface area contributed by atoms with Crippen LogP contribution in [0.25, 0.3) is 11.0 Å². The standard InChI is InChI=1S/C12H23N.C10H9NO2.C9H16FNO.C6H10O3.C2H6/c1-10-12(8-9-13(10)2)11-6-4-3-5-7-11;1-7-4-8-5-9(11-6-12)2-3-10(8)13-7;10-5-9(11)8-3-1-7(6-12)2-4-8;7-5-8-4-6-2-1-3-9-6;1-2/h10-12H,3-9H2,1-2H3;2-6H,1H3,(H,11,12);6-9H,1-5,11H2;5-6H,1-4H2;1-2H3. The number of rotatable bonds is 9. The van der Waals surface area contributed by atoms with Gasteiger partial charge < -0.3 is 34.6 Å². The number of anilines is 1. The van der Waals surface area contributed by atoms with Crippen molar-refractivity contribution >= 4 is 35.8 Å². The molecule has 2 saturated carbocycles. The lowest BCUT2D eigenvalue weighted by molar-refractivity contribution is -0.131. The van der Waals surface area contributed by atoms with Crippen molar-refractivity contribution in [3.63, 3.8) is 0 Å². The molecule has 2 aliphatic heterocycles. The van der Waals surface area contributed by atoms with Crippen LogP contribution in [0.1, 0.15) is 104 Å². The van der Waals surface area contributed by atoms with Crippen molar-refractivity contribution in [3.05, 3.63) is 30.0 Å². The number of nitrogens with two attached hydrogens (primary N) is 1. The highest BCUT2D eigenvalue weighted by molar-refractivity contribution is 5.84. The second-order valence-electron chi connectivity index (χ2n) is 13.6. The maximum absolute atomic E-state index is 12.2. The molecule has 0 radical (unpaired) electrons. The molecule has 9 nitrogen and oxygen atoms in total. The number of halogens is 1. The van der Waals surface area contributed by atoms with E-state index in [4.69, 9.17) is 14.9 Å². The first-order chi connectivity index (χ1) is 23.8. The normalized spacial score (nSPS) is 25.8. The summed E-state index contributed by atoms with van der Waals surface area (Å²) in [6, 6.07) is 8.00. The summed E-state index contributed by atoms with van der Waals surface area (Å²) < 4.78 is 27.2. The Morgan fingerprint density at radius 1 is 1.00 bits per heavy atom. The third-order valence-corrected chi connectivity index (χ3v) is 10.4. The number of alkyl halides is 1. The quantitative estimate of drug-likeness (QED) is 0.255. The summed E-state index contributed by atoms with van der Waals surface area (Å²) in [5, 5.41) is 3.59. The van der Waals surface area contributed by atoms with Gasteiger partial charge in [-0.1, -0.05) is 46.0 Å². The van der Waals surface area contributed by atoms with E-state index in [9.17, 15) is 18.8 Å². The maximum atomic E-state index is 12.2. The minimum absolute atomic E-state index is 0.162. The molecule has 0 spiro atoms. The van der Waals surface area contributed by atoms with Gasteiger partial charge in [-0.15, -0.1) is 0 Å². The van der Waals surface area contributed by atoms with Gasteiger partial charge in [0.25, 0.3) is 6.47 Å². The molecule has 4 fully saturated rings. The molecule has 1 amide bonds. The van der Waals surface area contributed by atoms with Gasteiger partial charge in [-0.25, -0.2) is 4.39 Å². The van der Waals surface area contributed by atoms with E-state index in [2.05, 4.69) is 28.9 Å². The SMILES string of the molecule is CC.CC1C(C2CCCCC2)CCN1C.Cc1cc2cc(NC=O)ccc2o1.NC(CF)C1CCC(C=O)CC1.O=COCC1CCCO1. The molecular weight excluding hydrogens is 625 g/mol. The van der Waals surface area contributed by atoms with Crippen molar-refractivity contribution in [1.82, 2.24) is 4.90 Å². The van der Waals surface area contributed by atoms with Gasteiger partial charge in [0.2, 0.25) is 6.41 Å². The lowest BCUT2D eigenvalue weighted by atomic mass is 9.77. The van der Waals surface area contributed by atoms with E-state index in [1.807, 2.05) is 39.0 Å². The predicted molar refractivity (Wildman–Crippen MR) is 195 cm³/mol. The molecule has 4 unspecified atom stereocenters. The zero-order chi connectivity index (χ0) is 36.0. The number of carbonyl (C=O) groups excluding carboxylic acids is 3. The highest BCUT2D eigenvalue weighted by Gasteiger charge is 2.34. The van der Waals surface area contributed by atoms with Crippen LogP contribution in [0, 0.1) is 30.6 Å². The Hall–Kier alpha value is -2.82. The number of fused-ring (bicyclic) bond motifs is 1. The molecule has 2 aliphatic carbocycles. The summed E-state index contributed by atoms with van der Waals surface area (Å²) in [5.74, 6) is 3.46. The number of aryl methyl sites for hydroxylation is 1. The number of nitrogens with one attached hydrogen (secondary N) is 1. The Morgan fingerprint density at radius 3 is 2.27 bits per heavy atom. The van der Waals surface area contributed by atoms with Crippen LogP contribution in [0.15, 0.2) is 28.7 Å². The van der Waals surface area contributed by atoms with E-state index in [0.717, 1.165) is 91.7 Å². The van der Waals surface area contributed by atoms with Crippen molar-refractivity contribution in [1.29, 1.82) is 0 Å². The second kappa shape index (κ2) is 24.3. The molecule has 3 heterocycles. The highest BCUT2D eigenvalue weighted by Crippen LogP contribution is 2.38. The zero-order valence-corrected chi connectivity index (χ0v) is 30.7. The lowest BCUT2D eigenvalue weighted by Crippen LogP contribution is -2.34. The Morgan fingerprint density at radius 2 is 1.71 bits per heavy atom. The maximum Gasteiger partial charge on any atom is 0.293 e. The monoisotopic (exact) mass is 689 g/mol. The van der Waals surface area contributed by atoms with Crippen LogP contribution in [0.4, 0.5) is 10.1 Å². The zero-order valence-electron chi connectivity index (χ0n) is 30.7. The smallest absolute Gasteiger partial charge is 0.293 e. The fourth-order valence-electron chi connectivity index (χ4n) is 7.41. The topological polar surface area (TPSA) is 124 Å². The molecule has 2 aromatic rings. The van der Waals surface area contributed by atoms with E-state index < -0.39 is 6.67 Å². The Balaban J connectivity index is 0.000000225. The van der Waals surface area contributed by atoms with Crippen LogP contribution in [0.5, 0.6) is 0 Å². The number of aldehydes is 1.